The Kier molecular flexibility index (Phi) is 4.39. The molecule has 114 valence electrons. The Bertz CT molecular complexity index is 597. The third-order valence-electron chi connectivity index (χ3n) is 2.57. The summed E-state index contributed by atoms with van der Waals surface area (Å²) in [5.74, 6) is 1.08. The number of nitrogens with one attached hydrogen (secondary N) is 1. The van der Waals surface area contributed by atoms with E-state index >= 15 is 0 Å². The maximum atomic E-state index is 12.5. The number of aromatic nitrogens is 4. The van der Waals surface area contributed by atoms with Gasteiger partial charge >= 0.3 is 6.18 Å². The van der Waals surface area contributed by atoms with Crippen LogP contribution in [-0.4, -0.2) is 26.7 Å². The fourth-order valence-corrected chi connectivity index (χ4v) is 1.49. The first-order valence-corrected chi connectivity index (χ1v) is 6.33. The number of anilines is 1. The van der Waals surface area contributed by atoms with Crippen molar-refractivity contribution in [2.24, 2.45) is 0 Å². The molecule has 0 aromatic carbocycles. The van der Waals surface area contributed by atoms with Gasteiger partial charge in [-0.15, -0.1) is 0 Å². The smallest absolute Gasteiger partial charge is 0.354 e. The minimum atomic E-state index is -4.49. The molecule has 1 N–H and O–H groups in total. The van der Waals surface area contributed by atoms with Gasteiger partial charge < -0.3 is 9.84 Å². The lowest BCUT2D eigenvalue weighted by Crippen LogP contribution is -2.13. The monoisotopic (exact) mass is 301 g/mol. The Morgan fingerprint density at radius 3 is 2.67 bits per heavy atom. The van der Waals surface area contributed by atoms with Gasteiger partial charge in [0.1, 0.15) is 5.69 Å². The number of halogens is 3. The highest BCUT2D eigenvalue weighted by Crippen LogP contribution is 2.27. The zero-order valence-electron chi connectivity index (χ0n) is 11.5. The van der Waals surface area contributed by atoms with Crippen molar-refractivity contribution in [2.45, 2.75) is 32.4 Å². The summed E-state index contributed by atoms with van der Waals surface area (Å²) < 4.78 is 42.5. The van der Waals surface area contributed by atoms with E-state index in [1.807, 2.05) is 13.8 Å². The van der Waals surface area contributed by atoms with Gasteiger partial charge in [-0.1, -0.05) is 19.0 Å². The van der Waals surface area contributed by atoms with Gasteiger partial charge in [-0.3, -0.25) is 0 Å². The molecule has 0 saturated carbocycles. The van der Waals surface area contributed by atoms with Gasteiger partial charge in [0.15, 0.2) is 5.82 Å². The Labute approximate surface area is 118 Å². The topological polar surface area (TPSA) is 76.7 Å². The van der Waals surface area contributed by atoms with E-state index < -0.39 is 11.9 Å². The van der Waals surface area contributed by atoms with E-state index in [1.165, 1.54) is 0 Å². The lowest BCUT2D eigenvalue weighted by atomic mass is 10.2. The highest BCUT2D eigenvalue weighted by atomic mass is 19.4. The number of nitrogens with zero attached hydrogens (tertiary/aromatic N) is 4. The van der Waals surface area contributed by atoms with Crippen LogP contribution in [0.15, 0.2) is 16.8 Å². The third-order valence-corrected chi connectivity index (χ3v) is 2.57. The maximum absolute atomic E-state index is 12.5. The van der Waals surface area contributed by atoms with E-state index in [0.717, 1.165) is 12.3 Å². The minimum absolute atomic E-state index is 0.0894. The van der Waals surface area contributed by atoms with Crippen molar-refractivity contribution >= 4 is 5.95 Å². The van der Waals surface area contributed by atoms with Crippen LogP contribution in [-0.2, 0) is 12.6 Å². The summed E-state index contributed by atoms with van der Waals surface area (Å²) >= 11 is 0. The van der Waals surface area contributed by atoms with E-state index in [0.29, 0.717) is 24.7 Å². The van der Waals surface area contributed by atoms with E-state index in [2.05, 4.69) is 25.4 Å². The molecule has 9 heteroatoms. The molecule has 0 aliphatic carbocycles. The van der Waals surface area contributed by atoms with Crippen molar-refractivity contribution in [3.05, 3.63) is 29.7 Å². The van der Waals surface area contributed by atoms with Gasteiger partial charge in [-0.05, 0) is 6.07 Å². The molecule has 0 aliphatic heterocycles. The summed E-state index contributed by atoms with van der Waals surface area (Å²) in [4.78, 5) is 11.3. The molecule has 0 spiro atoms. The number of alkyl halides is 3. The van der Waals surface area contributed by atoms with Crippen molar-refractivity contribution in [2.75, 3.05) is 11.9 Å². The molecule has 2 rings (SSSR count). The fraction of sp³-hybridized carbons (Fsp3) is 0.500. The summed E-state index contributed by atoms with van der Waals surface area (Å²) in [5.41, 5.74) is -0.986. The molecule has 0 fully saturated rings. The van der Waals surface area contributed by atoms with Gasteiger partial charge in [0.2, 0.25) is 11.8 Å². The zero-order valence-corrected chi connectivity index (χ0v) is 11.5. The first kappa shape index (κ1) is 15.2. The molecule has 6 nitrogen and oxygen atoms in total. The van der Waals surface area contributed by atoms with E-state index in [1.54, 1.807) is 0 Å². The lowest BCUT2D eigenvalue weighted by molar-refractivity contribution is -0.141. The molecule has 0 unspecified atom stereocenters. The first-order valence-electron chi connectivity index (χ1n) is 6.33. The number of hydrogen-bond donors (Lipinski definition) is 1. The predicted molar refractivity (Wildman–Crippen MR) is 67.6 cm³/mol. The highest BCUT2D eigenvalue weighted by molar-refractivity contribution is 5.26. The van der Waals surface area contributed by atoms with Crippen LogP contribution in [0, 0.1) is 0 Å². The summed E-state index contributed by atoms with van der Waals surface area (Å²) in [7, 11) is 0. The second-order valence-electron chi connectivity index (χ2n) is 4.64. The van der Waals surface area contributed by atoms with Gasteiger partial charge in [0.05, 0.1) is 0 Å². The van der Waals surface area contributed by atoms with Crippen molar-refractivity contribution in [3.8, 4) is 0 Å². The Morgan fingerprint density at radius 1 is 1.29 bits per heavy atom. The largest absolute Gasteiger partial charge is 0.433 e. The van der Waals surface area contributed by atoms with Crippen LogP contribution in [0.2, 0.25) is 0 Å². The molecular weight excluding hydrogens is 287 g/mol. The SMILES string of the molecule is CC(C)c1noc(CCNc2nccc(C(F)(F)F)n2)n1. The molecule has 0 radical (unpaired) electrons. The normalized spacial score (nSPS) is 11.9. The molecule has 2 aromatic rings. The molecule has 0 amide bonds. The quantitative estimate of drug-likeness (QED) is 0.915. The summed E-state index contributed by atoms with van der Waals surface area (Å²) in [5, 5.41) is 6.49. The number of hydrogen-bond acceptors (Lipinski definition) is 6. The highest BCUT2D eigenvalue weighted by Gasteiger charge is 2.32. The van der Waals surface area contributed by atoms with Crippen molar-refractivity contribution in [3.63, 3.8) is 0 Å². The second-order valence-corrected chi connectivity index (χ2v) is 4.64. The molecular formula is C12H14F3N5O. The Hall–Kier alpha value is -2.19. The second kappa shape index (κ2) is 6.06. The average molecular weight is 301 g/mol. The Balaban J connectivity index is 1.91. The van der Waals surface area contributed by atoms with Crippen molar-refractivity contribution in [1.29, 1.82) is 0 Å². The fourth-order valence-electron chi connectivity index (χ4n) is 1.49. The molecule has 0 aliphatic rings. The van der Waals surface area contributed by atoms with E-state index in [9.17, 15) is 13.2 Å². The molecule has 2 heterocycles. The van der Waals surface area contributed by atoms with Gasteiger partial charge in [0.25, 0.3) is 0 Å². The summed E-state index contributed by atoms with van der Waals surface area (Å²) in [6.07, 6.45) is -3.06. The summed E-state index contributed by atoms with van der Waals surface area (Å²) in [6.45, 7) is 4.16. The van der Waals surface area contributed by atoms with Gasteiger partial charge in [-0.25, -0.2) is 9.97 Å². The molecule has 0 saturated heterocycles. The summed E-state index contributed by atoms with van der Waals surface area (Å²) in [6, 6.07) is 0.818. The molecule has 0 atom stereocenters. The zero-order chi connectivity index (χ0) is 15.5. The lowest BCUT2D eigenvalue weighted by Gasteiger charge is -2.07. The van der Waals surface area contributed by atoms with Crippen LogP contribution in [0.5, 0.6) is 0 Å². The van der Waals surface area contributed by atoms with Crippen LogP contribution >= 0.6 is 0 Å². The van der Waals surface area contributed by atoms with E-state index in [-0.39, 0.29) is 11.9 Å². The predicted octanol–water partition coefficient (Wildman–Crippen LogP) is 2.66. The van der Waals surface area contributed by atoms with Crippen molar-refractivity contribution in [1.82, 2.24) is 20.1 Å². The first-order chi connectivity index (χ1) is 9.86. The van der Waals surface area contributed by atoms with Crippen LogP contribution in [0.3, 0.4) is 0 Å². The average Bonchev–Trinajstić information content (AvgIpc) is 2.87. The molecule has 0 bridgehead atoms. The minimum Gasteiger partial charge on any atom is -0.354 e. The maximum Gasteiger partial charge on any atom is 0.433 e. The van der Waals surface area contributed by atoms with Crippen LogP contribution in [0.25, 0.3) is 0 Å². The number of rotatable bonds is 5. The van der Waals surface area contributed by atoms with Crippen LogP contribution in [0.1, 0.15) is 37.2 Å². The third kappa shape index (κ3) is 4.14. The molecule has 2 aromatic heterocycles. The Morgan fingerprint density at radius 2 is 2.05 bits per heavy atom. The molecule has 21 heavy (non-hydrogen) atoms. The van der Waals surface area contributed by atoms with E-state index in [4.69, 9.17) is 4.52 Å². The van der Waals surface area contributed by atoms with Crippen LogP contribution in [0.4, 0.5) is 19.1 Å². The van der Waals surface area contributed by atoms with Crippen LogP contribution < -0.4 is 5.32 Å². The van der Waals surface area contributed by atoms with Crippen molar-refractivity contribution < 1.29 is 17.7 Å². The standard InChI is InChI=1S/C12H14F3N5O/c1-7(2)10-19-9(21-20-10)4-6-17-11-16-5-3-8(18-11)12(13,14)15/h3,5,7H,4,6H2,1-2H3,(H,16,17,18). The van der Waals surface area contributed by atoms with Gasteiger partial charge in [-0.2, -0.15) is 18.2 Å². The van der Waals surface area contributed by atoms with Gasteiger partial charge in [0, 0.05) is 25.1 Å².